The third-order valence-corrected chi connectivity index (χ3v) is 3.56. The summed E-state index contributed by atoms with van der Waals surface area (Å²) in [7, 11) is 0. The molecule has 6 heteroatoms. The number of morpholine rings is 1. The monoisotopic (exact) mass is 321 g/mol. The number of hydrogen-bond donors (Lipinski definition) is 1. The topological polar surface area (TPSA) is 76.1 Å². The van der Waals surface area contributed by atoms with Crippen LogP contribution in [0.25, 0.3) is 0 Å². The SMILES string of the molecule is CC(C)(C)OC(=O)N1CCOC(Cc2ccccc2)(C(=O)O)C1. The van der Waals surface area contributed by atoms with Gasteiger partial charge in [0.2, 0.25) is 0 Å². The predicted molar refractivity (Wildman–Crippen MR) is 84.3 cm³/mol. The Hall–Kier alpha value is -2.08. The minimum Gasteiger partial charge on any atom is -0.479 e. The maximum absolute atomic E-state index is 12.2. The van der Waals surface area contributed by atoms with Gasteiger partial charge in [0.05, 0.1) is 13.2 Å². The average molecular weight is 321 g/mol. The van der Waals surface area contributed by atoms with Crippen LogP contribution in [0.15, 0.2) is 30.3 Å². The molecule has 0 saturated carbocycles. The Morgan fingerprint density at radius 3 is 2.52 bits per heavy atom. The summed E-state index contributed by atoms with van der Waals surface area (Å²) in [5, 5.41) is 9.68. The fraction of sp³-hybridized carbons (Fsp3) is 0.529. The highest BCUT2D eigenvalue weighted by Crippen LogP contribution is 2.25. The van der Waals surface area contributed by atoms with Crippen molar-refractivity contribution in [2.24, 2.45) is 0 Å². The maximum Gasteiger partial charge on any atom is 0.410 e. The van der Waals surface area contributed by atoms with Crippen molar-refractivity contribution in [1.29, 1.82) is 0 Å². The Morgan fingerprint density at radius 2 is 1.96 bits per heavy atom. The Labute approximate surface area is 136 Å². The third kappa shape index (κ3) is 4.45. The molecule has 1 aromatic rings. The maximum atomic E-state index is 12.2. The number of amides is 1. The van der Waals surface area contributed by atoms with E-state index in [0.717, 1.165) is 5.56 Å². The van der Waals surface area contributed by atoms with Gasteiger partial charge in [-0.3, -0.25) is 0 Å². The van der Waals surface area contributed by atoms with Crippen molar-refractivity contribution in [1.82, 2.24) is 4.90 Å². The van der Waals surface area contributed by atoms with Gasteiger partial charge in [-0.1, -0.05) is 30.3 Å². The molecular formula is C17H23NO5. The van der Waals surface area contributed by atoms with Gasteiger partial charge >= 0.3 is 12.1 Å². The normalized spacial score (nSPS) is 21.8. The largest absolute Gasteiger partial charge is 0.479 e. The van der Waals surface area contributed by atoms with E-state index >= 15 is 0 Å². The van der Waals surface area contributed by atoms with E-state index in [-0.39, 0.29) is 19.6 Å². The third-order valence-electron chi connectivity index (χ3n) is 3.56. The number of ether oxygens (including phenoxy) is 2. The van der Waals surface area contributed by atoms with E-state index in [1.165, 1.54) is 4.90 Å². The molecule has 1 amide bonds. The number of carboxylic acid groups (broad SMARTS) is 1. The van der Waals surface area contributed by atoms with Crippen molar-refractivity contribution in [3.63, 3.8) is 0 Å². The van der Waals surface area contributed by atoms with Crippen LogP contribution in [0.2, 0.25) is 0 Å². The van der Waals surface area contributed by atoms with Gasteiger partial charge in [0.25, 0.3) is 0 Å². The van der Waals surface area contributed by atoms with Gasteiger partial charge < -0.3 is 19.5 Å². The molecule has 0 spiro atoms. The molecule has 1 unspecified atom stereocenters. The van der Waals surface area contributed by atoms with Crippen LogP contribution < -0.4 is 0 Å². The van der Waals surface area contributed by atoms with Crippen LogP contribution in [0.1, 0.15) is 26.3 Å². The van der Waals surface area contributed by atoms with Gasteiger partial charge in [-0.15, -0.1) is 0 Å². The molecule has 1 fully saturated rings. The number of carbonyl (C=O) groups is 2. The standard InChI is InChI=1S/C17H23NO5/c1-16(2,3)23-15(21)18-9-10-22-17(12-18,14(19)20)11-13-7-5-4-6-8-13/h4-8H,9-12H2,1-3H3,(H,19,20). The fourth-order valence-corrected chi connectivity index (χ4v) is 2.50. The van der Waals surface area contributed by atoms with Gasteiger partial charge in [-0.25, -0.2) is 9.59 Å². The van der Waals surface area contributed by atoms with Crippen molar-refractivity contribution in [2.75, 3.05) is 19.7 Å². The molecule has 0 aromatic heterocycles. The number of aliphatic carboxylic acids is 1. The lowest BCUT2D eigenvalue weighted by atomic mass is 9.92. The van der Waals surface area contributed by atoms with Crippen molar-refractivity contribution in [3.05, 3.63) is 35.9 Å². The van der Waals surface area contributed by atoms with Crippen LogP contribution in [0.5, 0.6) is 0 Å². The Kier molecular flexibility index (Phi) is 4.94. The van der Waals surface area contributed by atoms with E-state index in [2.05, 4.69) is 0 Å². The molecule has 6 nitrogen and oxygen atoms in total. The van der Waals surface area contributed by atoms with Crippen LogP contribution in [-0.2, 0) is 20.7 Å². The van der Waals surface area contributed by atoms with Crippen LogP contribution >= 0.6 is 0 Å². The lowest BCUT2D eigenvalue weighted by Gasteiger charge is -2.40. The van der Waals surface area contributed by atoms with Gasteiger partial charge in [-0.05, 0) is 26.3 Å². The van der Waals surface area contributed by atoms with Crippen molar-refractivity contribution < 1.29 is 24.2 Å². The lowest BCUT2D eigenvalue weighted by molar-refractivity contribution is -0.176. The molecule has 23 heavy (non-hydrogen) atoms. The van der Waals surface area contributed by atoms with Crippen molar-refractivity contribution in [2.45, 2.75) is 38.4 Å². The molecule has 1 heterocycles. The zero-order chi connectivity index (χ0) is 17.1. The molecule has 2 rings (SSSR count). The first-order valence-electron chi connectivity index (χ1n) is 7.61. The first kappa shape index (κ1) is 17.3. The van der Waals surface area contributed by atoms with Crippen molar-refractivity contribution in [3.8, 4) is 0 Å². The predicted octanol–water partition coefficient (Wildman–Crippen LogP) is 2.32. The molecule has 0 radical (unpaired) electrons. The highest BCUT2D eigenvalue weighted by atomic mass is 16.6. The minimum absolute atomic E-state index is 0.0356. The molecule has 1 aliphatic heterocycles. The zero-order valence-electron chi connectivity index (χ0n) is 13.7. The molecule has 0 bridgehead atoms. The number of hydrogen-bond acceptors (Lipinski definition) is 4. The second kappa shape index (κ2) is 6.58. The van der Waals surface area contributed by atoms with Crippen LogP contribution in [0, 0.1) is 0 Å². The van der Waals surface area contributed by atoms with E-state index in [1.54, 1.807) is 20.8 Å². The van der Waals surface area contributed by atoms with E-state index in [9.17, 15) is 14.7 Å². The van der Waals surface area contributed by atoms with Crippen LogP contribution in [-0.4, -0.2) is 53.0 Å². The number of benzene rings is 1. The molecular weight excluding hydrogens is 298 g/mol. The number of rotatable bonds is 3. The number of nitrogens with zero attached hydrogens (tertiary/aromatic N) is 1. The summed E-state index contributed by atoms with van der Waals surface area (Å²) in [5.74, 6) is -1.07. The quantitative estimate of drug-likeness (QED) is 0.924. The summed E-state index contributed by atoms with van der Waals surface area (Å²) in [6.45, 7) is 5.78. The first-order chi connectivity index (χ1) is 10.7. The Bertz CT molecular complexity index is 566. The minimum atomic E-state index is -1.45. The van der Waals surface area contributed by atoms with Gasteiger partial charge in [0, 0.05) is 13.0 Å². The summed E-state index contributed by atoms with van der Waals surface area (Å²) < 4.78 is 10.9. The second-order valence-corrected chi connectivity index (χ2v) is 6.71. The van der Waals surface area contributed by atoms with Crippen molar-refractivity contribution >= 4 is 12.1 Å². The van der Waals surface area contributed by atoms with E-state index in [1.807, 2.05) is 30.3 Å². The summed E-state index contributed by atoms with van der Waals surface area (Å²) >= 11 is 0. The van der Waals surface area contributed by atoms with Gasteiger partial charge in [0.15, 0.2) is 5.60 Å². The summed E-state index contributed by atoms with van der Waals surface area (Å²) in [6.07, 6.45) is -0.317. The Morgan fingerprint density at radius 1 is 1.30 bits per heavy atom. The van der Waals surface area contributed by atoms with Crippen LogP contribution in [0.3, 0.4) is 0 Å². The average Bonchev–Trinajstić information content (AvgIpc) is 2.46. The van der Waals surface area contributed by atoms with E-state index in [0.29, 0.717) is 6.54 Å². The molecule has 1 saturated heterocycles. The van der Waals surface area contributed by atoms with Crippen LogP contribution in [0.4, 0.5) is 4.79 Å². The molecule has 1 N–H and O–H groups in total. The summed E-state index contributed by atoms with van der Waals surface area (Å²) in [4.78, 5) is 25.5. The number of carbonyl (C=O) groups excluding carboxylic acids is 1. The number of carboxylic acids is 1. The molecule has 126 valence electrons. The van der Waals surface area contributed by atoms with E-state index < -0.39 is 23.3 Å². The highest BCUT2D eigenvalue weighted by Gasteiger charge is 2.46. The second-order valence-electron chi connectivity index (χ2n) is 6.71. The summed E-state index contributed by atoms with van der Waals surface area (Å²) in [5.41, 5.74) is -1.22. The zero-order valence-corrected chi connectivity index (χ0v) is 13.7. The molecule has 1 aliphatic rings. The molecule has 1 aromatic carbocycles. The first-order valence-corrected chi connectivity index (χ1v) is 7.61. The summed E-state index contributed by atoms with van der Waals surface area (Å²) in [6, 6.07) is 9.26. The van der Waals surface area contributed by atoms with E-state index in [4.69, 9.17) is 9.47 Å². The smallest absolute Gasteiger partial charge is 0.410 e. The lowest BCUT2D eigenvalue weighted by Crippen LogP contribution is -2.59. The highest BCUT2D eigenvalue weighted by molar-refractivity contribution is 5.80. The fourth-order valence-electron chi connectivity index (χ4n) is 2.50. The van der Waals surface area contributed by atoms with Gasteiger partial charge in [0.1, 0.15) is 5.60 Å². The molecule has 1 atom stereocenters. The molecule has 0 aliphatic carbocycles. The Balaban J connectivity index is 2.17. The van der Waals surface area contributed by atoms with Gasteiger partial charge in [-0.2, -0.15) is 0 Å².